The van der Waals surface area contributed by atoms with Gasteiger partial charge in [0.1, 0.15) is 11.5 Å². The molecule has 1 aliphatic carbocycles. The average molecular weight is 289 g/mol. The Morgan fingerprint density at radius 1 is 1.15 bits per heavy atom. The standard InChI is InChI=1S/C14H13ClN4O/c15-9-1-3-11(4-2-9)19-14(20)12-7-17-13(8-16-12)18-10-5-6-10/h1-4,7-8,10H,5-6H2,(H,17,18)(H,19,20). The van der Waals surface area contributed by atoms with Crippen LogP contribution in [-0.4, -0.2) is 21.9 Å². The van der Waals surface area contributed by atoms with Gasteiger partial charge >= 0.3 is 0 Å². The molecule has 2 aromatic rings. The molecule has 5 nitrogen and oxygen atoms in total. The molecule has 102 valence electrons. The van der Waals surface area contributed by atoms with Crippen molar-refractivity contribution in [1.29, 1.82) is 0 Å². The van der Waals surface area contributed by atoms with Crippen molar-refractivity contribution in [3.05, 3.63) is 47.4 Å². The highest BCUT2D eigenvalue weighted by molar-refractivity contribution is 6.30. The summed E-state index contributed by atoms with van der Waals surface area (Å²) in [6.45, 7) is 0. The Bertz CT molecular complexity index is 608. The SMILES string of the molecule is O=C(Nc1ccc(Cl)cc1)c1cnc(NC2CC2)cn1. The summed E-state index contributed by atoms with van der Waals surface area (Å²) in [5.41, 5.74) is 0.947. The Labute approximate surface area is 121 Å². The zero-order valence-electron chi connectivity index (χ0n) is 10.6. The number of benzene rings is 1. The number of amides is 1. The maximum absolute atomic E-state index is 12.0. The molecule has 1 aromatic heterocycles. The van der Waals surface area contributed by atoms with E-state index in [1.54, 1.807) is 30.5 Å². The molecule has 1 aromatic carbocycles. The van der Waals surface area contributed by atoms with Crippen LogP contribution >= 0.6 is 11.6 Å². The van der Waals surface area contributed by atoms with Gasteiger partial charge in [-0.1, -0.05) is 11.6 Å². The van der Waals surface area contributed by atoms with E-state index < -0.39 is 0 Å². The Hall–Kier alpha value is -2.14. The maximum Gasteiger partial charge on any atom is 0.275 e. The number of hydrogen-bond donors (Lipinski definition) is 2. The van der Waals surface area contributed by atoms with E-state index in [1.807, 2.05) is 0 Å². The van der Waals surface area contributed by atoms with Crippen molar-refractivity contribution >= 4 is 29.0 Å². The highest BCUT2D eigenvalue weighted by Gasteiger charge is 2.21. The lowest BCUT2D eigenvalue weighted by atomic mass is 10.3. The van der Waals surface area contributed by atoms with Crippen LogP contribution in [0.4, 0.5) is 11.5 Å². The number of nitrogens with zero attached hydrogens (tertiary/aromatic N) is 2. The van der Waals surface area contributed by atoms with E-state index >= 15 is 0 Å². The third kappa shape index (κ3) is 3.24. The fourth-order valence-corrected chi connectivity index (χ4v) is 1.81. The summed E-state index contributed by atoms with van der Waals surface area (Å²) in [6, 6.07) is 7.41. The molecule has 0 unspecified atom stereocenters. The van der Waals surface area contributed by atoms with Gasteiger partial charge in [0.05, 0.1) is 12.4 Å². The molecule has 20 heavy (non-hydrogen) atoms. The van der Waals surface area contributed by atoms with E-state index in [2.05, 4.69) is 20.6 Å². The van der Waals surface area contributed by atoms with Crippen molar-refractivity contribution in [2.45, 2.75) is 18.9 Å². The Balaban J connectivity index is 1.65. The summed E-state index contributed by atoms with van der Waals surface area (Å²) in [6.07, 6.45) is 5.38. The number of nitrogens with one attached hydrogen (secondary N) is 2. The van der Waals surface area contributed by atoms with Crippen LogP contribution in [0.1, 0.15) is 23.3 Å². The smallest absolute Gasteiger partial charge is 0.275 e. The van der Waals surface area contributed by atoms with Gasteiger partial charge in [-0.05, 0) is 37.1 Å². The van der Waals surface area contributed by atoms with Crippen molar-refractivity contribution in [3.8, 4) is 0 Å². The zero-order valence-corrected chi connectivity index (χ0v) is 11.4. The van der Waals surface area contributed by atoms with Crippen molar-refractivity contribution in [1.82, 2.24) is 9.97 Å². The molecule has 1 saturated carbocycles. The fourth-order valence-electron chi connectivity index (χ4n) is 1.68. The van der Waals surface area contributed by atoms with Gasteiger partial charge in [-0.3, -0.25) is 4.79 Å². The molecule has 3 rings (SSSR count). The molecule has 0 bridgehead atoms. The molecule has 0 radical (unpaired) electrons. The Morgan fingerprint density at radius 3 is 2.50 bits per heavy atom. The average Bonchev–Trinajstić information content (AvgIpc) is 3.26. The normalized spacial score (nSPS) is 13.8. The number of rotatable bonds is 4. The molecule has 2 N–H and O–H groups in total. The summed E-state index contributed by atoms with van der Waals surface area (Å²) >= 11 is 5.79. The number of anilines is 2. The van der Waals surface area contributed by atoms with Gasteiger partial charge in [0.15, 0.2) is 0 Å². The quantitative estimate of drug-likeness (QED) is 0.908. The number of halogens is 1. The van der Waals surface area contributed by atoms with Gasteiger partial charge in [0.25, 0.3) is 5.91 Å². The third-order valence-corrected chi connectivity index (χ3v) is 3.17. The predicted molar refractivity (Wildman–Crippen MR) is 78.1 cm³/mol. The fraction of sp³-hybridized carbons (Fsp3) is 0.214. The lowest BCUT2D eigenvalue weighted by molar-refractivity contribution is 0.102. The summed E-state index contributed by atoms with van der Waals surface area (Å²) in [4.78, 5) is 20.3. The predicted octanol–water partition coefficient (Wildman–Crippen LogP) is 2.96. The number of aromatic nitrogens is 2. The third-order valence-electron chi connectivity index (χ3n) is 2.92. The van der Waals surface area contributed by atoms with E-state index in [0.717, 1.165) is 0 Å². The van der Waals surface area contributed by atoms with Crippen LogP contribution in [0, 0.1) is 0 Å². The second kappa shape index (κ2) is 5.46. The first-order valence-corrected chi connectivity index (χ1v) is 6.74. The van der Waals surface area contributed by atoms with Crippen LogP contribution in [0.5, 0.6) is 0 Å². The van der Waals surface area contributed by atoms with Gasteiger partial charge < -0.3 is 10.6 Å². The highest BCUT2D eigenvalue weighted by Crippen LogP contribution is 2.23. The van der Waals surface area contributed by atoms with Crippen molar-refractivity contribution in [3.63, 3.8) is 0 Å². The molecule has 1 aliphatic rings. The van der Waals surface area contributed by atoms with E-state index in [1.165, 1.54) is 19.0 Å². The molecule has 0 saturated heterocycles. The first-order valence-electron chi connectivity index (χ1n) is 6.36. The topological polar surface area (TPSA) is 66.9 Å². The van der Waals surface area contributed by atoms with Crippen molar-refractivity contribution < 1.29 is 4.79 Å². The van der Waals surface area contributed by atoms with Crippen LogP contribution in [0.25, 0.3) is 0 Å². The van der Waals surface area contributed by atoms with E-state index in [-0.39, 0.29) is 11.6 Å². The van der Waals surface area contributed by atoms with Crippen molar-refractivity contribution in [2.75, 3.05) is 10.6 Å². The number of hydrogen-bond acceptors (Lipinski definition) is 4. The monoisotopic (exact) mass is 288 g/mol. The maximum atomic E-state index is 12.0. The van der Waals surface area contributed by atoms with Crippen LogP contribution in [0.15, 0.2) is 36.7 Å². The van der Waals surface area contributed by atoms with E-state index in [9.17, 15) is 4.79 Å². The van der Waals surface area contributed by atoms with E-state index in [0.29, 0.717) is 22.6 Å². The molecule has 1 heterocycles. The molecule has 0 aliphatic heterocycles. The summed E-state index contributed by atoms with van der Waals surface area (Å²) in [5.74, 6) is 0.410. The number of carbonyl (C=O) groups excluding carboxylic acids is 1. The summed E-state index contributed by atoms with van der Waals surface area (Å²) < 4.78 is 0. The summed E-state index contributed by atoms with van der Waals surface area (Å²) in [7, 11) is 0. The Morgan fingerprint density at radius 2 is 1.90 bits per heavy atom. The lowest BCUT2D eigenvalue weighted by Gasteiger charge is -2.06. The molecule has 1 fully saturated rings. The largest absolute Gasteiger partial charge is 0.366 e. The minimum Gasteiger partial charge on any atom is -0.366 e. The first-order chi connectivity index (χ1) is 9.70. The lowest BCUT2D eigenvalue weighted by Crippen LogP contribution is -2.14. The minimum atomic E-state index is -0.294. The molecular weight excluding hydrogens is 276 g/mol. The first kappa shape index (κ1) is 12.9. The van der Waals surface area contributed by atoms with Crippen LogP contribution in [0.2, 0.25) is 5.02 Å². The van der Waals surface area contributed by atoms with Gasteiger partial charge in [0, 0.05) is 16.8 Å². The summed E-state index contributed by atoms with van der Waals surface area (Å²) in [5, 5.41) is 6.58. The minimum absolute atomic E-state index is 0.279. The number of carbonyl (C=O) groups is 1. The van der Waals surface area contributed by atoms with Gasteiger partial charge in [-0.25, -0.2) is 9.97 Å². The molecule has 0 atom stereocenters. The Kier molecular flexibility index (Phi) is 3.52. The zero-order chi connectivity index (χ0) is 13.9. The van der Waals surface area contributed by atoms with Crippen LogP contribution < -0.4 is 10.6 Å². The molecule has 6 heteroatoms. The van der Waals surface area contributed by atoms with Crippen molar-refractivity contribution in [2.24, 2.45) is 0 Å². The van der Waals surface area contributed by atoms with Gasteiger partial charge in [-0.15, -0.1) is 0 Å². The van der Waals surface area contributed by atoms with Gasteiger partial charge in [-0.2, -0.15) is 0 Å². The second-order valence-corrected chi connectivity index (χ2v) is 5.10. The molecule has 0 spiro atoms. The van der Waals surface area contributed by atoms with Crippen LogP contribution in [0.3, 0.4) is 0 Å². The van der Waals surface area contributed by atoms with Gasteiger partial charge in [0.2, 0.25) is 0 Å². The highest BCUT2D eigenvalue weighted by atomic mass is 35.5. The van der Waals surface area contributed by atoms with Crippen LogP contribution in [-0.2, 0) is 0 Å². The second-order valence-electron chi connectivity index (χ2n) is 4.67. The molecule has 1 amide bonds. The molecular formula is C14H13ClN4O. The van der Waals surface area contributed by atoms with E-state index in [4.69, 9.17) is 11.6 Å².